The fourth-order valence-corrected chi connectivity index (χ4v) is 4.06. The summed E-state index contributed by atoms with van der Waals surface area (Å²) in [5.41, 5.74) is 1.51. The number of halogens is 2. The minimum absolute atomic E-state index is 0.00750. The maximum Gasteiger partial charge on any atom is 0.158 e. The molecular weight excluding hydrogens is 472 g/mol. The Morgan fingerprint density at radius 1 is 0.680 bits per heavy atom. The van der Waals surface area contributed by atoms with Crippen LogP contribution in [0.5, 0.6) is 11.5 Å². The van der Waals surface area contributed by atoms with Crippen LogP contribution >= 0.6 is 31.9 Å². The van der Waals surface area contributed by atoms with Crippen LogP contribution in [0.15, 0.2) is 48.5 Å². The molecule has 0 spiro atoms. The van der Waals surface area contributed by atoms with E-state index in [0.29, 0.717) is 13.2 Å². The first-order valence-corrected chi connectivity index (χ1v) is 11.8. The summed E-state index contributed by atoms with van der Waals surface area (Å²) in [4.78, 5) is 0. The van der Waals surface area contributed by atoms with Crippen LogP contribution in [0, 0.1) is 0 Å². The Morgan fingerprint density at radius 3 is 1.36 bits per heavy atom. The number of rotatable bonds is 10. The van der Waals surface area contributed by atoms with E-state index in [1.54, 1.807) is 48.5 Å². The van der Waals surface area contributed by atoms with Crippen LogP contribution < -0.4 is 9.47 Å². The van der Waals surface area contributed by atoms with Crippen molar-refractivity contribution in [2.24, 2.45) is 0 Å². The van der Waals surface area contributed by atoms with Gasteiger partial charge in [-0.3, -0.25) is 0 Å². The second-order valence-electron chi connectivity index (χ2n) is 5.40. The van der Waals surface area contributed by atoms with Crippen molar-refractivity contribution in [1.82, 2.24) is 0 Å². The summed E-state index contributed by atoms with van der Waals surface area (Å²) in [6.45, 7) is 1.15. The predicted molar refractivity (Wildman–Crippen MR) is 108 cm³/mol. The van der Waals surface area contributed by atoms with Gasteiger partial charge in [0, 0.05) is 10.7 Å². The van der Waals surface area contributed by atoms with Gasteiger partial charge in [-0.25, -0.2) is 8.42 Å². The second kappa shape index (κ2) is 10.2. The highest BCUT2D eigenvalue weighted by Gasteiger charge is 2.13. The summed E-state index contributed by atoms with van der Waals surface area (Å²) in [7, 11) is -3.24. The number of benzene rings is 2. The molecule has 0 unspecified atom stereocenters. The molecule has 136 valence electrons. The van der Waals surface area contributed by atoms with Crippen molar-refractivity contribution < 1.29 is 17.9 Å². The van der Waals surface area contributed by atoms with E-state index < -0.39 is 9.84 Å². The van der Waals surface area contributed by atoms with E-state index in [-0.39, 0.29) is 11.5 Å². The topological polar surface area (TPSA) is 52.6 Å². The molecular formula is C18H20Br2O4S. The highest BCUT2D eigenvalue weighted by atomic mass is 79.9. The third-order valence-corrected chi connectivity index (χ3v) is 5.51. The molecule has 4 nitrogen and oxygen atoms in total. The van der Waals surface area contributed by atoms with Gasteiger partial charge in [0.05, 0.1) is 24.7 Å². The van der Waals surface area contributed by atoms with Gasteiger partial charge in [0.15, 0.2) is 9.84 Å². The maximum atomic E-state index is 12.4. The summed E-state index contributed by atoms with van der Waals surface area (Å²) >= 11 is 6.59. The molecule has 0 radical (unpaired) electrons. The van der Waals surface area contributed by atoms with Crippen molar-refractivity contribution in [2.75, 3.05) is 23.9 Å². The van der Waals surface area contributed by atoms with E-state index in [1.807, 2.05) is 0 Å². The first-order valence-electron chi connectivity index (χ1n) is 7.78. The molecule has 0 atom stereocenters. The van der Waals surface area contributed by atoms with Crippen LogP contribution in [0.2, 0.25) is 0 Å². The largest absolute Gasteiger partial charge is 0.493 e. The minimum atomic E-state index is -3.24. The van der Waals surface area contributed by atoms with Crippen LogP contribution in [0.4, 0.5) is 0 Å². The first kappa shape index (κ1) is 20.3. The standard InChI is InChI=1S/C18H20Br2O4S/c19-9-11-23-17-5-1-15(2-6-17)13-25(21,22)14-16-3-7-18(8-4-16)24-12-10-20/h1-8H,9-14H2. The predicted octanol–water partition coefficient (Wildman–Crippen LogP) is 4.35. The summed E-state index contributed by atoms with van der Waals surface area (Å²) < 4.78 is 35.7. The quantitative estimate of drug-likeness (QED) is 0.463. The lowest BCUT2D eigenvalue weighted by molar-refractivity contribution is 0.345. The normalized spacial score (nSPS) is 11.3. The first-order chi connectivity index (χ1) is 12.0. The SMILES string of the molecule is O=S(=O)(Cc1ccc(OCCBr)cc1)Cc1ccc(OCCBr)cc1. The molecule has 0 saturated carbocycles. The Kier molecular flexibility index (Phi) is 8.26. The molecule has 2 aromatic rings. The lowest BCUT2D eigenvalue weighted by atomic mass is 10.2. The number of ether oxygens (including phenoxy) is 2. The van der Waals surface area contributed by atoms with Gasteiger partial charge >= 0.3 is 0 Å². The Morgan fingerprint density at radius 2 is 1.04 bits per heavy atom. The van der Waals surface area contributed by atoms with Gasteiger partial charge in [-0.15, -0.1) is 0 Å². The van der Waals surface area contributed by atoms with Gasteiger partial charge < -0.3 is 9.47 Å². The van der Waals surface area contributed by atoms with E-state index in [9.17, 15) is 8.42 Å². The maximum absolute atomic E-state index is 12.4. The lowest BCUT2D eigenvalue weighted by Gasteiger charge is -2.08. The zero-order valence-electron chi connectivity index (χ0n) is 13.7. The Hall–Kier alpha value is -1.05. The van der Waals surface area contributed by atoms with E-state index in [4.69, 9.17) is 9.47 Å². The van der Waals surface area contributed by atoms with Crippen molar-refractivity contribution in [3.63, 3.8) is 0 Å². The third kappa shape index (κ3) is 7.38. The molecule has 0 fully saturated rings. The van der Waals surface area contributed by atoms with Gasteiger partial charge in [0.2, 0.25) is 0 Å². The van der Waals surface area contributed by atoms with Gasteiger partial charge in [-0.05, 0) is 35.4 Å². The summed E-state index contributed by atoms with van der Waals surface area (Å²) in [5.74, 6) is 1.49. The zero-order valence-corrected chi connectivity index (χ0v) is 17.6. The summed E-state index contributed by atoms with van der Waals surface area (Å²) in [5, 5.41) is 1.51. The van der Waals surface area contributed by atoms with Gasteiger partial charge in [-0.1, -0.05) is 56.1 Å². The molecule has 0 amide bonds. The lowest BCUT2D eigenvalue weighted by Crippen LogP contribution is -2.08. The third-order valence-electron chi connectivity index (χ3n) is 3.31. The van der Waals surface area contributed by atoms with Gasteiger partial charge in [-0.2, -0.15) is 0 Å². The Bertz CT molecular complexity index is 684. The summed E-state index contributed by atoms with van der Waals surface area (Å²) in [6, 6.07) is 14.3. The smallest absolute Gasteiger partial charge is 0.158 e. The van der Waals surface area contributed by atoms with Crippen LogP contribution in [0.1, 0.15) is 11.1 Å². The van der Waals surface area contributed by atoms with E-state index in [0.717, 1.165) is 33.3 Å². The summed E-state index contributed by atoms with van der Waals surface area (Å²) in [6.07, 6.45) is 0. The van der Waals surface area contributed by atoms with Crippen molar-refractivity contribution >= 4 is 41.7 Å². The zero-order chi connectivity index (χ0) is 18.1. The fourth-order valence-electron chi connectivity index (χ4n) is 2.24. The fraction of sp³-hybridized carbons (Fsp3) is 0.333. The van der Waals surface area contributed by atoms with Crippen LogP contribution in [0.3, 0.4) is 0 Å². The van der Waals surface area contributed by atoms with Crippen molar-refractivity contribution in [3.05, 3.63) is 59.7 Å². The van der Waals surface area contributed by atoms with E-state index in [2.05, 4.69) is 31.9 Å². The number of hydrogen-bond donors (Lipinski definition) is 0. The highest BCUT2D eigenvalue weighted by Crippen LogP contribution is 2.18. The minimum Gasteiger partial charge on any atom is -0.493 e. The molecule has 2 rings (SSSR count). The number of alkyl halides is 2. The molecule has 7 heteroatoms. The van der Waals surface area contributed by atoms with Crippen LogP contribution in [-0.4, -0.2) is 32.3 Å². The average molecular weight is 492 g/mol. The Labute approximate surface area is 165 Å². The van der Waals surface area contributed by atoms with Crippen molar-refractivity contribution in [3.8, 4) is 11.5 Å². The Balaban J connectivity index is 1.94. The molecule has 0 aliphatic carbocycles. The van der Waals surface area contributed by atoms with Crippen molar-refractivity contribution in [2.45, 2.75) is 11.5 Å². The molecule has 25 heavy (non-hydrogen) atoms. The van der Waals surface area contributed by atoms with E-state index >= 15 is 0 Å². The molecule has 0 N–H and O–H groups in total. The van der Waals surface area contributed by atoms with E-state index in [1.165, 1.54) is 0 Å². The number of sulfone groups is 1. The van der Waals surface area contributed by atoms with Gasteiger partial charge in [0.1, 0.15) is 11.5 Å². The molecule has 0 aliphatic rings. The molecule has 0 bridgehead atoms. The molecule has 0 aliphatic heterocycles. The van der Waals surface area contributed by atoms with Crippen LogP contribution in [0.25, 0.3) is 0 Å². The number of hydrogen-bond acceptors (Lipinski definition) is 4. The monoisotopic (exact) mass is 490 g/mol. The molecule has 2 aromatic carbocycles. The van der Waals surface area contributed by atoms with Crippen molar-refractivity contribution in [1.29, 1.82) is 0 Å². The van der Waals surface area contributed by atoms with Crippen LogP contribution in [-0.2, 0) is 21.3 Å². The molecule has 0 heterocycles. The highest BCUT2D eigenvalue weighted by molar-refractivity contribution is 9.09. The average Bonchev–Trinajstić information content (AvgIpc) is 2.60. The molecule has 0 aromatic heterocycles. The second-order valence-corrected chi connectivity index (χ2v) is 9.05. The molecule has 0 saturated heterocycles. The van der Waals surface area contributed by atoms with Gasteiger partial charge in [0.25, 0.3) is 0 Å².